The zero-order valence-electron chi connectivity index (χ0n) is 7.33. The van der Waals surface area contributed by atoms with Crippen LogP contribution in [0.3, 0.4) is 0 Å². The summed E-state index contributed by atoms with van der Waals surface area (Å²) in [5.74, 6) is 0. The molecule has 0 N–H and O–H groups in total. The van der Waals surface area contributed by atoms with Crippen LogP contribution in [0.2, 0.25) is 0 Å². The minimum Gasteiger partial charge on any atom is -0.355 e. The molecule has 1 aliphatic carbocycles. The topological polar surface area (TPSA) is 9.23 Å². The summed E-state index contributed by atoms with van der Waals surface area (Å²) < 4.78 is 5.61. The lowest BCUT2D eigenvalue weighted by Crippen LogP contribution is -2.04. The third-order valence-electron chi connectivity index (χ3n) is 1.99. The second kappa shape index (κ2) is 3.64. The lowest BCUT2D eigenvalue weighted by molar-refractivity contribution is 0.0766. The fourth-order valence-corrected chi connectivity index (χ4v) is 1.65. The fraction of sp³-hybridized carbons (Fsp3) is 0.273. The highest BCUT2D eigenvalue weighted by atomic mass is 79.9. The summed E-state index contributed by atoms with van der Waals surface area (Å²) in [5, 5.41) is 0.0598. The average molecular weight is 238 g/mol. The second-order valence-corrected chi connectivity index (χ2v) is 4.29. The van der Waals surface area contributed by atoms with Gasteiger partial charge in [-0.1, -0.05) is 40.2 Å². The largest absolute Gasteiger partial charge is 0.355 e. The van der Waals surface area contributed by atoms with Gasteiger partial charge < -0.3 is 4.74 Å². The molecule has 2 unspecified atom stereocenters. The third-order valence-corrected chi connectivity index (χ3v) is 2.21. The Balaban J connectivity index is 2.23. The average Bonchev–Trinajstić information content (AvgIpc) is 2.48. The number of benzene rings is 1. The number of alkyl halides is 1. The summed E-state index contributed by atoms with van der Waals surface area (Å²) in [5.41, 5.74) is 2.41. The van der Waals surface area contributed by atoms with E-state index in [0.717, 1.165) is 0 Å². The van der Waals surface area contributed by atoms with Crippen LogP contribution in [0.4, 0.5) is 0 Å². The molecule has 0 bridgehead atoms. The van der Waals surface area contributed by atoms with Crippen molar-refractivity contribution in [2.75, 3.05) is 0 Å². The molecule has 0 aromatic heterocycles. The Morgan fingerprint density at radius 3 is 3.00 bits per heavy atom. The first-order valence-corrected chi connectivity index (χ1v) is 5.16. The standard InChI is InChI=1S/C11H10BrO/c1-8(12)13-11-7-6-9-4-2-3-5-10(9)11/h2-6,8,11H,1H3. The van der Waals surface area contributed by atoms with E-state index in [2.05, 4.69) is 34.1 Å². The summed E-state index contributed by atoms with van der Waals surface area (Å²) in [7, 11) is 0. The normalized spacial score (nSPS) is 21.5. The molecular formula is C11H10BrO. The number of fused-ring (bicyclic) bond motifs is 1. The van der Waals surface area contributed by atoms with Crippen molar-refractivity contribution in [2.45, 2.75) is 18.0 Å². The lowest BCUT2D eigenvalue weighted by Gasteiger charge is -2.13. The van der Waals surface area contributed by atoms with Crippen molar-refractivity contribution >= 4 is 22.0 Å². The van der Waals surface area contributed by atoms with E-state index in [9.17, 15) is 0 Å². The van der Waals surface area contributed by atoms with Gasteiger partial charge in [0.25, 0.3) is 0 Å². The van der Waals surface area contributed by atoms with Gasteiger partial charge in [0.15, 0.2) is 0 Å². The molecule has 0 fully saturated rings. The molecule has 2 heteroatoms. The van der Waals surface area contributed by atoms with Crippen molar-refractivity contribution < 1.29 is 4.74 Å². The summed E-state index contributed by atoms with van der Waals surface area (Å²) in [4.78, 5) is 0. The Morgan fingerprint density at radius 2 is 2.23 bits per heavy atom. The van der Waals surface area contributed by atoms with Crippen LogP contribution < -0.4 is 0 Å². The molecule has 1 aromatic rings. The third kappa shape index (κ3) is 1.84. The van der Waals surface area contributed by atoms with Crippen LogP contribution in [-0.2, 0) is 4.74 Å². The molecule has 1 nitrogen and oxygen atoms in total. The minimum absolute atomic E-state index is 0.00873. The molecule has 0 amide bonds. The van der Waals surface area contributed by atoms with Gasteiger partial charge in [0.05, 0.1) is 0 Å². The number of hydrogen-bond donors (Lipinski definition) is 0. The van der Waals surface area contributed by atoms with Crippen LogP contribution in [0.5, 0.6) is 0 Å². The number of hydrogen-bond acceptors (Lipinski definition) is 1. The van der Waals surface area contributed by atoms with Crippen LogP contribution in [0.15, 0.2) is 24.3 Å². The van der Waals surface area contributed by atoms with Gasteiger partial charge in [-0.2, -0.15) is 0 Å². The van der Waals surface area contributed by atoms with Crippen molar-refractivity contribution in [3.63, 3.8) is 0 Å². The van der Waals surface area contributed by atoms with E-state index in [1.807, 2.05) is 25.1 Å². The van der Waals surface area contributed by atoms with E-state index >= 15 is 0 Å². The molecule has 0 spiro atoms. The van der Waals surface area contributed by atoms with Gasteiger partial charge in [0, 0.05) is 0 Å². The Bertz CT molecular complexity index is 331. The van der Waals surface area contributed by atoms with E-state index in [1.165, 1.54) is 11.1 Å². The fourth-order valence-electron chi connectivity index (χ4n) is 1.44. The van der Waals surface area contributed by atoms with Crippen molar-refractivity contribution in [3.8, 4) is 0 Å². The van der Waals surface area contributed by atoms with Crippen LogP contribution in [0, 0.1) is 6.08 Å². The van der Waals surface area contributed by atoms with Gasteiger partial charge in [-0.15, -0.1) is 0 Å². The van der Waals surface area contributed by atoms with E-state index < -0.39 is 0 Å². The van der Waals surface area contributed by atoms with E-state index in [1.54, 1.807) is 0 Å². The Labute approximate surface area is 86.5 Å². The van der Waals surface area contributed by atoms with Gasteiger partial charge in [-0.05, 0) is 30.2 Å². The van der Waals surface area contributed by atoms with Crippen molar-refractivity contribution in [1.29, 1.82) is 0 Å². The molecule has 0 aliphatic heterocycles. The molecule has 1 radical (unpaired) electrons. The number of rotatable bonds is 2. The van der Waals surface area contributed by atoms with Crippen molar-refractivity contribution in [3.05, 3.63) is 41.5 Å². The molecule has 1 aliphatic rings. The predicted octanol–water partition coefficient (Wildman–Crippen LogP) is 3.32. The maximum Gasteiger partial charge on any atom is 0.111 e. The molecule has 67 valence electrons. The Morgan fingerprint density at radius 1 is 1.46 bits per heavy atom. The smallest absolute Gasteiger partial charge is 0.111 e. The van der Waals surface area contributed by atoms with Gasteiger partial charge in [-0.3, -0.25) is 0 Å². The quantitative estimate of drug-likeness (QED) is 0.718. The summed E-state index contributed by atoms with van der Waals surface area (Å²) in [6.07, 6.45) is 5.15. The summed E-state index contributed by atoms with van der Waals surface area (Å²) >= 11 is 3.36. The Hall–Kier alpha value is -0.600. The van der Waals surface area contributed by atoms with E-state index in [4.69, 9.17) is 4.74 Å². The molecule has 1 aromatic carbocycles. The number of halogens is 1. The molecule has 0 heterocycles. The zero-order chi connectivity index (χ0) is 9.26. The highest BCUT2D eigenvalue weighted by Gasteiger charge is 2.18. The lowest BCUT2D eigenvalue weighted by atomic mass is 10.1. The highest BCUT2D eigenvalue weighted by molar-refractivity contribution is 9.09. The Kier molecular flexibility index (Phi) is 2.51. The molecule has 13 heavy (non-hydrogen) atoms. The van der Waals surface area contributed by atoms with Gasteiger partial charge >= 0.3 is 0 Å². The van der Waals surface area contributed by atoms with Gasteiger partial charge in [0.2, 0.25) is 0 Å². The minimum atomic E-state index is -0.00873. The predicted molar refractivity (Wildman–Crippen MR) is 56.4 cm³/mol. The molecule has 0 saturated carbocycles. The van der Waals surface area contributed by atoms with Gasteiger partial charge in [-0.25, -0.2) is 0 Å². The molecule has 0 saturated heterocycles. The molecule has 2 atom stereocenters. The van der Waals surface area contributed by atoms with Crippen LogP contribution in [0.25, 0.3) is 6.08 Å². The SMILES string of the molecule is CC(Br)OC1[C]=Cc2ccccc21. The maximum absolute atomic E-state index is 5.61. The second-order valence-electron chi connectivity index (χ2n) is 3.00. The van der Waals surface area contributed by atoms with Gasteiger partial charge in [0.1, 0.15) is 11.1 Å². The summed E-state index contributed by atoms with van der Waals surface area (Å²) in [6.45, 7) is 1.96. The van der Waals surface area contributed by atoms with Crippen molar-refractivity contribution in [1.82, 2.24) is 0 Å². The van der Waals surface area contributed by atoms with Crippen LogP contribution >= 0.6 is 15.9 Å². The maximum atomic E-state index is 5.61. The molecular weight excluding hydrogens is 228 g/mol. The monoisotopic (exact) mass is 237 g/mol. The van der Waals surface area contributed by atoms with E-state index in [0.29, 0.717) is 0 Å². The highest BCUT2D eigenvalue weighted by Crippen LogP contribution is 2.31. The summed E-state index contributed by atoms with van der Waals surface area (Å²) in [6, 6.07) is 8.20. The van der Waals surface area contributed by atoms with Crippen LogP contribution in [0.1, 0.15) is 24.2 Å². The molecule has 2 rings (SSSR count). The van der Waals surface area contributed by atoms with Crippen LogP contribution in [-0.4, -0.2) is 5.01 Å². The van der Waals surface area contributed by atoms with Crippen molar-refractivity contribution in [2.24, 2.45) is 0 Å². The van der Waals surface area contributed by atoms with E-state index in [-0.39, 0.29) is 11.1 Å². The first-order chi connectivity index (χ1) is 6.27. The first kappa shape index (κ1) is 8.97. The zero-order valence-corrected chi connectivity index (χ0v) is 8.91. The first-order valence-electron chi connectivity index (χ1n) is 4.25. The number of ether oxygens (including phenoxy) is 1.